The number of carbonyl (C=O) groups is 2. The van der Waals surface area contributed by atoms with Crippen molar-refractivity contribution in [1.82, 2.24) is 0 Å². The Morgan fingerprint density at radius 2 is 0.614 bits per heavy atom. The summed E-state index contributed by atoms with van der Waals surface area (Å²) in [7, 11) is 0. The van der Waals surface area contributed by atoms with Crippen LogP contribution in [0.3, 0.4) is 0 Å². The molecule has 2 N–H and O–H groups in total. The number of benzene rings is 2. The van der Waals surface area contributed by atoms with Crippen molar-refractivity contribution in [2.24, 2.45) is 5.73 Å². The Kier molecular flexibility index (Phi) is 34.1. The number of esters is 2. The average Bonchev–Trinajstić information content (AvgIpc) is 3.21. The third-order valence-electron chi connectivity index (χ3n) is 10.9. The van der Waals surface area contributed by atoms with E-state index in [0.29, 0.717) is 24.3 Å². The van der Waals surface area contributed by atoms with Crippen LogP contribution in [0.2, 0.25) is 0 Å². The fourth-order valence-electron chi connectivity index (χ4n) is 7.57. The first-order chi connectivity index (χ1) is 27.9. The predicted molar refractivity (Wildman–Crippen MR) is 247 cm³/mol. The summed E-state index contributed by atoms with van der Waals surface area (Å²) in [6.45, 7) is 11.6. The van der Waals surface area contributed by atoms with Crippen LogP contribution in [-0.4, -0.2) is 18.5 Å². The maximum absolute atomic E-state index is 12.5. The van der Waals surface area contributed by atoms with Crippen molar-refractivity contribution in [2.45, 2.75) is 227 Å². The van der Waals surface area contributed by atoms with Crippen molar-refractivity contribution in [3.63, 3.8) is 0 Å². The molecule has 0 heterocycles. The van der Waals surface area contributed by atoms with E-state index in [-0.39, 0.29) is 11.9 Å². The predicted octanol–water partition coefficient (Wildman–Crippen LogP) is 16.2. The van der Waals surface area contributed by atoms with Gasteiger partial charge in [-0.1, -0.05) is 213 Å². The van der Waals surface area contributed by atoms with Crippen LogP contribution in [0.4, 0.5) is 0 Å². The van der Waals surface area contributed by atoms with E-state index in [9.17, 15) is 9.59 Å². The smallest absolute Gasteiger partial charge is 0.311 e. The zero-order valence-corrected chi connectivity index (χ0v) is 37.7. The van der Waals surface area contributed by atoms with Gasteiger partial charge in [-0.2, -0.15) is 0 Å². The van der Waals surface area contributed by atoms with Gasteiger partial charge >= 0.3 is 11.9 Å². The van der Waals surface area contributed by atoms with Crippen LogP contribution in [0.15, 0.2) is 48.5 Å². The highest BCUT2D eigenvalue weighted by molar-refractivity contribution is 5.91. The molecule has 0 unspecified atom stereocenters. The highest BCUT2D eigenvalue weighted by Gasteiger charge is 2.12. The van der Waals surface area contributed by atoms with Crippen molar-refractivity contribution in [3.8, 4) is 11.5 Å². The van der Waals surface area contributed by atoms with E-state index in [1.165, 1.54) is 152 Å². The highest BCUT2D eigenvalue weighted by atomic mass is 16.5. The van der Waals surface area contributed by atoms with Crippen LogP contribution in [0.25, 0.3) is 11.1 Å². The first-order valence-corrected chi connectivity index (χ1v) is 24.0. The molecule has 5 heteroatoms. The second-order valence-electron chi connectivity index (χ2n) is 16.1. The molecule has 0 aliphatic carbocycles. The van der Waals surface area contributed by atoms with E-state index in [0.717, 1.165) is 56.2 Å². The fraction of sp³-hybridized carbons (Fsp3) is 0.692. The number of carbonyl (C=O) groups excluding carboxylic acids is 2. The fourth-order valence-corrected chi connectivity index (χ4v) is 7.57. The Morgan fingerprint density at radius 3 is 0.842 bits per heavy atom. The topological polar surface area (TPSA) is 78.6 Å². The Labute approximate surface area is 351 Å². The van der Waals surface area contributed by atoms with Crippen LogP contribution < -0.4 is 15.2 Å². The third kappa shape index (κ3) is 27.4. The Balaban J connectivity index is 0.00000524. The molecule has 0 aromatic heterocycles. The molecular weight excluding hydrogens is 703 g/mol. The number of ether oxygens (including phenoxy) is 2. The van der Waals surface area contributed by atoms with Gasteiger partial charge in [-0.25, -0.2) is 0 Å². The minimum Gasteiger partial charge on any atom is -0.427 e. The van der Waals surface area contributed by atoms with Crippen LogP contribution in [-0.2, 0) is 9.59 Å². The molecule has 2 aromatic carbocycles. The van der Waals surface area contributed by atoms with Gasteiger partial charge in [0.15, 0.2) is 0 Å². The van der Waals surface area contributed by atoms with Gasteiger partial charge in [0.05, 0.1) is 0 Å². The molecule has 0 amide bonds. The highest BCUT2D eigenvalue weighted by Crippen LogP contribution is 2.33. The molecule has 57 heavy (non-hydrogen) atoms. The number of nitrogens with two attached hydrogens (primary N) is 1. The van der Waals surface area contributed by atoms with E-state index < -0.39 is 0 Å². The number of allylic oxidation sites excluding steroid dienone is 2. The monoisotopic (exact) mass is 790 g/mol. The molecule has 0 atom stereocenters. The van der Waals surface area contributed by atoms with Crippen LogP contribution in [0, 0.1) is 0 Å². The molecule has 0 bridgehead atoms. The summed E-state index contributed by atoms with van der Waals surface area (Å²) in [6.07, 6.45) is 36.4. The second-order valence-corrected chi connectivity index (χ2v) is 16.1. The molecule has 0 fully saturated rings. The first kappa shape index (κ1) is 52.1. The minimum atomic E-state index is -0.142. The summed E-state index contributed by atoms with van der Waals surface area (Å²) in [4.78, 5) is 25.0. The first-order valence-electron chi connectivity index (χ1n) is 24.0. The largest absolute Gasteiger partial charge is 0.427 e. The average molecular weight is 790 g/mol. The lowest BCUT2D eigenvalue weighted by atomic mass is 9.91. The maximum Gasteiger partial charge on any atom is 0.311 e. The van der Waals surface area contributed by atoms with E-state index in [1.54, 1.807) is 0 Å². The Hall–Kier alpha value is -2.92. The van der Waals surface area contributed by atoms with Gasteiger partial charge in [0.2, 0.25) is 0 Å². The van der Waals surface area contributed by atoms with Crippen LogP contribution in [0.1, 0.15) is 238 Å². The lowest BCUT2D eigenvalue weighted by Gasteiger charge is -2.15. The Morgan fingerprint density at radius 1 is 0.386 bits per heavy atom. The molecule has 0 saturated heterocycles. The van der Waals surface area contributed by atoms with Gasteiger partial charge in [0, 0.05) is 12.8 Å². The van der Waals surface area contributed by atoms with Gasteiger partial charge in [-0.05, 0) is 78.8 Å². The van der Waals surface area contributed by atoms with E-state index >= 15 is 0 Å². The zero-order chi connectivity index (χ0) is 41.6. The summed E-state index contributed by atoms with van der Waals surface area (Å²) < 4.78 is 11.4. The van der Waals surface area contributed by atoms with Gasteiger partial charge in [0.25, 0.3) is 0 Å². The molecule has 0 aliphatic rings. The van der Waals surface area contributed by atoms with Crippen LogP contribution >= 0.6 is 0 Å². The van der Waals surface area contributed by atoms with E-state index in [4.69, 9.17) is 15.2 Å². The number of hydrogen-bond acceptors (Lipinski definition) is 5. The summed E-state index contributed by atoms with van der Waals surface area (Å²) in [5.41, 5.74) is 9.67. The number of unbranched alkanes of at least 4 members (excludes halogenated alkanes) is 24. The van der Waals surface area contributed by atoms with Crippen molar-refractivity contribution >= 4 is 23.1 Å². The molecule has 0 saturated carbocycles. The zero-order valence-electron chi connectivity index (χ0n) is 37.7. The van der Waals surface area contributed by atoms with Crippen molar-refractivity contribution < 1.29 is 19.1 Å². The van der Waals surface area contributed by atoms with Crippen LogP contribution in [0.5, 0.6) is 11.5 Å². The van der Waals surface area contributed by atoms with E-state index in [1.807, 2.05) is 31.2 Å². The summed E-state index contributed by atoms with van der Waals surface area (Å²) in [5.74, 6) is 0.932. The van der Waals surface area contributed by atoms with E-state index in [2.05, 4.69) is 52.0 Å². The van der Waals surface area contributed by atoms with Gasteiger partial charge in [-0.3, -0.25) is 9.59 Å². The number of rotatable bonds is 34. The molecule has 5 nitrogen and oxygen atoms in total. The molecule has 2 aromatic rings. The van der Waals surface area contributed by atoms with Gasteiger partial charge in [0.1, 0.15) is 11.5 Å². The minimum absolute atomic E-state index is 0.142. The standard InChI is InChI=1S/C50H80O4.C2H7N/c1-5-9-11-13-15-17-19-21-23-25-27-29-31-33-49(51)53-45-39-35-43(36-40-45)47(7-3)48(8-4)44-37-41-46(42-38-44)54-50(52)34-32-30-28-26-24-22-20-18-16-14-12-10-6-2;1-2-3/h35-42H,5-34H2,1-4H3;2-3H2,1H3/b48-47+;. The van der Waals surface area contributed by atoms with Crippen molar-refractivity contribution in [1.29, 1.82) is 0 Å². The summed E-state index contributed by atoms with van der Waals surface area (Å²) in [6, 6.07) is 15.9. The van der Waals surface area contributed by atoms with Gasteiger partial charge < -0.3 is 15.2 Å². The molecule has 2 rings (SSSR count). The lowest BCUT2D eigenvalue weighted by Crippen LogP contribution is -2.07. The second kappa shape index (κ2) is 37.4. The molecule has 0 aliphatic heterocycles. The molecule has 0 spiro atoms. The normalized spacial score (nSPS) is 11.5. The molecule has 0 radical (unpaired) electrons. The third-order valence-corrected chi connectivity index (χ3v) is 10.9. The number of hydrogen-bond donors (Lipinski definition) is 1. The van der Waals surface area contributed by atoms with Gasteiger partial charge in [-0.15, -0.1) is 0 Å². The van der Waals surface area contributed by atoms with Crippen molar-refractivity contribution in [2.75, 3.05) is 6.54 Å². The quantitative estimate of drug-likeness (QED) is 0.0331. The SMILES string of the molecule is CCCCCCCCCCCCCCCC(=O)Oc1ccc(/C(CC)=C(\CC)c2ccc(OC(=O)CCCCCCCCCCCCCCC)cc2)cc1.CCN. The van der Waals surface area contributed by atoms with Crippen molar-refractivity contribution in [3.05, 3.63) is 59.7 Å². The Bertz CT molecular complexity index is 1170. The summed E-state index contributed by atoms with van der Waals surface area (Å²) >= 11 is 0. The summed E-state index contributed by atoms with van der Waals surface area (Å²) in [5, 5.41) is 0. The maximum atomic E-state index is 12.5. The molecule has 324 valence electrons. The lowest BCUT2D eigenvalue weighted by molar-refractivity contribution is -0.135. The molecular formula is C52H87NO4.